The summed E-state index contributed by atoms with van der Waals surface area (Å²) in [6, 6.07) is 0.243. The Labute approximate surface area is 204 Å². The summed E-state index contributed by atoms with van der Waals surface area (Å²) in [6.07, 6.45) is 19.3. The first-order chi connectivity index (χ1) is 15.8. The number of fused-ring (bicyclic) bond motifs is 3. The SMILES string of the molecule is C=C/C=C1/CCC2C(CCC3(C)C(/C(C)=N/OCCC(N)CCCC)CCC23)C1(C)CCC. The van der Waals surface area contributed by atoms with Gasteiger partial charge in [-0.15, -0.1) is 0 Å². The first kappa shape index (κ1) is 26.5. The molecule has 7 unspecified atom stereocenters. The molecule has 3 nitrogen and oxygen atoms in total. The van der Waals surface area contributed by atoms with Crippen LogP contribution in [0.2, 0.25) is 0 Å². The molecular formula is C30H52N2O. The average molecular weight is 457 g/mol. The number of nitrogens with two attached hydrogens (primary N) is 1. The Morgan fingerprint density at radius 2 is 1.94 bits per heavy atom. The Balaban J connectivity index is 1.67. The molecule has 0 aromatic heterocycles. The monoisotopic (exact) mass is 456 g/mol. The summed E-state index contributed by atoms with van der Waals surface area (Å²) in [7, 11) is 0. The summed E-state index contributed by atoms with van der Waals surface area (Å²) in [5.74, 6) is 3.08. The van der Waals surface area contributed by atoms with Gasteiger partial charge in [0.15, 0.2) is 0 Å². The Hall–Kier alpha value is -1.09. The largest absolute Gasteiger partial charge is 0.396 e. The van der Waals surface area contributed by atoms with E-state index in [1.807, 2.05) is 6.08 Å². The molecule has 188 valence electrons. The number of unbranched alkanes of at least 4 members (excludes halogenated alkanes) is 1. The van der Waals surface area contributed by atoms with E-state index in [4.69, 9.17) is 10.6 Å². The third kappa shape index (κ3) is 5.44. The number of rotatable bonds is 11. The van der Waals surface area contributed by atoms with Gasteiger partial charge >= 0.3 is 0 Å². The minimum atomic E-state index is 0.243. The van der Waals surface area contributed by atoms with Crippen LogP contribution in [0.25, 0.3) is 0 Å². The molecule has 0 aromatic carbocycles. The normalized spacial score (nSPS) is 38.6. The molecule has 3 aliphatic rings. The van der Waals surface area contributed by atoms with Crippen LogP contribution < -0.4 is 5.73 Å². The zero-order valence-corrected chi connectivity index (χ0v) is 22.4. The molecule has 33 heavy (non-hydrogen) atoms. The van der Waals surface area contributed by atoms with Gasteiger partial charge in [-0.05, 0) is 93.3 Å². The van der Waals surface area contributed by atoms with E-state index in [0.29, 0.717) is 23.4 Å². The molecule has 3 saturated carbocycles. The Bertz CT molecular complexity index is 712. The van der Waals surface area contributed by atoms with Crippen LogP contribution in [-0.4, -0.2) is 18.4 Å². The smallest absolute Gasteiger partial charge is 0.118 e. The Morgan fingerprint density at radius 3 is 2.64 bits per heavy atom. The minimum Gasteiger partial charge on any atom is -0.396 e. The first-order valence-corrected chi connectivity index (χ1v) is 14.1. The van der Waals surface area contributed by atoms with Crippen molar-refractivity contribution in [2.45, 2.75) is 118 Å². The van der Waals surface area contributed by atoms with Crippen molar-refractivity contribution in [2.24, 2.45) is 45.4 Å². The highest BCUT2D eigenvalue weighted by molar-refractivity contribution is 5.85. The fourth-order valence-electron chi connectivity index (χ4n) is 8.32. The summed E-state index contributed by atoms with van der Waals surface area (Å²) in [6.45, 7) is 16.6. The highest BCUT2D eigenvalue weighted by atomic mass is 16.6. The van der Waals surface area contributed by atoms with Gasteiger partial charge in [0, 0.05) is 12.0 Å². The molecule has 0 aromatic rings. The molecule has 3 rings (SSSR count). The number of nitrogens with zero attached hydrogens (tertiary/aromatic N) is 1. The molecule has 0 amide bonds. The van der Waals surface area contributed by atoms with Gasteiger partial charge in [0.25, 0.3) is 0 Å². The van der Waals surface area contributed by atoms with Gasteiger partial charge in [-0.25, -0.2) is 0 Å². The number of oxime groups is 1. The molecule has 3 aliphatic carbocycles. The van der Waals surface area contributed by atoms with Crippen molar-refractivity contribution in [3.63, 3.8) is 0 Å². The first-order valence-electron chi connectivity index (χ1n) is 14.1. The summed E-state index contributed by atoms with van der Waals surface area (Å²) in [5, 5.41) is 4.63. The molecule has 0 radical (unpaired) electrons. The van der Waals surface area contributed by atoms with Gasteiger partial charge in [0.05, 0.1) is 5.71 Å². The van der Waals surface area contributed by atoms with Gasteiger partial charge in [-0.3, -0.25) is 0 Å². The second-order valence-electron chi connectivity index (χ2n) is 11.9. The second kappa shape index (κ2) is 11.6. The van der Waals surface area contributed by atoms with Crippen molar-refractivity contribution in [1.29, 1.82) is 0 Å². The third-order valence-electron chi connectivity index (χ3n) is 10.0. The Morgan fingerprint density at radius 1 is 1.15 bits per heavy atom. The fraction of sp³-hybridized carbons (Fsp3) is 0.833. The van der Waals surface area contributed by atoms with Crippen LogP contribution in [0.4, 0.5) is 0 Å². The summed E-state index contributed by atoms with van der Waals surface area (Å²) in [5.41, 5.74) is 9.83. The molecule has 0 saturated heterocycles. The quantitative estimate of drug-likeness (QED) is 0.194. The molecule has 0 heterocycles. The summed E-state index contributed by atoms with van der Waals surface area (Å²) < 4.78 is 0. The third-order valence-corrected chi connectivity index (χ3v) is 10.0. The zero-order chi connectivity index (χ0) is 24.1. The summed E-state index contributed by atoms with van der Waals surface area (Å²) >= 11 is 0. The topological polar surface area (TPSA) is 47.6 Å². The maximum Gasteiger partial charge on any atom is 0.118 e. The average Bonchev–Trinajstić information content (AvgIpc) is 3.14. The highest BCUT2D eigenvalue weighted by Crippen LogP contribution is 2.66. The van der Waals surface area contributed by atoms with Crippen LogP contribution >= 0.6 is 0 Å². The van der Waals surface area contributed by atoms with Crippen LogP contribution in [0.3, 0.4) is 0 Å². The van der Waals surface area contributed by atoms with Crippen LogP contribution in [0.15, 0.2) is 29.5 Å². The second-order valence-corrected chi connectivity index (χ2v) is 11.9. The summed E-state index contributed by atoms with van der Waals surface area (Å²) in [4.78, 5) is 5.79. The van der Waals surface area contributed by atoms with Gasteiger partial charge in [0.2, 0.25) is 0 Å². The van der Waals surface area contributed by atoms with Gasteiger partial charge < -0.3 is 10.6 Å². The lowest BCUT2D eigenvalue weighted by Gasteiger charge is -2.57. The van der Waals surface area contributed by atoms with E-state index < -0.39 is 0 Å². The van der Waals surface area contributed by atoms with Crippen LogP contribution in [0.1, 0.15) is 112 Å². The van der Waals surface area contributed by atoms with Crippen molar-refractivity contribution in [2.75, 3.05) is 6.61 Å². The molecule has 3 fully saturated rings. The number of hydrogen-bond acceptors (Lipinski definition) is 3. The van der Waals surface area contributed by atoms with E-state index in [9.17, 15) is 0 Å². The number of hydrogen-bond donors (Lipinski definition) is 1. The van der Waals surface area contributed by atoms with E-state index in [-0.39, 0.29) is 6.04 Å². The van der Waals surface area contributed by atoms with Crippen LogP contribution in [-0.2, 0) is 4.84 Å². The molecule has 0 bridgehead atoms. The Kier molecular flexibility index (Phi) is 9.29. The van der Waals surface area contributed by atoms with E-state index in [1.54, 1.807) is 5.57 Å². The standard InChI is InChI=1S/C30H52N2O/c1-7-10-12-24(31)18-21-33-32-22(4)26-15-16-27-25-14-13-23(11-8-2)29(5,19-9-3)28(25)17-20-30(26,27)6/h8,11,24-28H,2,7,9-10,12-21,31H2,1,3-6H3/b23-11-,32-22+. The minimum absolute atomic E-state index is 0.243. The van der Waals surface area contributed by atoms with E-state index in [2.05, 4.69) is 52.4 Å². The lowest BCUT2D eigenvalue weighted by Crippen LogP contribution is -2.50. The lowest BCUT2D eigenvalue weighted by atomic mass is 9.47. The van der Waals surface area contributed by atoms with Gasteiger partial charge in [-0.1, -0.05) is 76.4 Å². The molecule has 7 atom stereocenters. The number of allylic oxidation sites excluding steroid dienone is 3. The highest BCUT2D eigenvalue weighted by Gasteiger charge is 2.58. The van der Waals surface area contributed by atoms with Crippen LogP contribution in [0.5, 0.6) is 0 Å². The molecule has 3 heteroatoms. The molecular weight excluding hydrogens is 404 g/mol. The maximum atomic E-state index is 6.20. The zero-order valence-electron chi connectivity index (χ0n) is 22.4. The maximum absolute atomic E-state index is 6.20. The van der Waals surface area contributed by atoms with Crippen molar-refractivity contribution >= 4 is 5.71 Å². The van der Waals surface area contributed by atoms with E-state index in [1.165, 1.54) is 69.9 Å². The van der Waals surface area contributed by atoms with Crippen LogP contribution in [0, 0.1) is 34.5 Å². The predicted octanol–water partition coefficient (Wildman–Crippen LogP) is 8.06. The predicted molar refractivity (Wildman–Crippen MR) is 142 cm³/mol. The van der Waals surface area contributed by atoms with Crippen molar-refractivity contribution in [3.8, 4) is 0 Å². The molecule has 0 aliphatic heterocycles. The van der Waals surface area contributed by atoms with E-state index in [0.717, 1.165) is 30.6 Å². The molecule has 2 N–H and O–H groups in total. The lowest BCUT2D eigenvalue weighted by molar-refractivity contribution is -0.0412. The fourth-order valence-corrected chi connectivity index (χ4v) is 8.32. The van der Waals surface area contributed by atoms with Crippen molar-refractivity contribution in [3.05, 3.63) is 24.3 Å². The molecule has 0 spiro atoms. The van der Waals surface area contributed by atoms with Crippen molar-refractivity contribution in [1.82, 2.24) is 0 Å². The van der Waals surface area contributed by atoms with E-state index >= 15 is 0 Å². The van der Waals surface area contributed by atoms with Gasteiger partial charge in [0.1, 0.15) is 6.61 Å². The van der Waals surface area contributed by atoms with Crippen molar-refractivity contribution < 1.29 is 4.84 Å². The van der Waals surface area contributed by atoms with Gasteiger partial charge in [-0.2, -0.15) is 0 Å².